The molecule has 0 radical (unpaired) electrons. The van der Waals surface area contributed by atoms with Crippen molar-refractivity contribution in [1.82, 2.24) is 10.3 Å². The van der Waals surface area contributed by atoms with Gasteiger partial charge >= 0.3 is 0 Å². The van der Waals surface area contributed by atoms with E-state index in [1.807, 2.05) is 6.20 Å². The second-order valence-electron chi connectivity index (χ2n) is 4.74. The minimum absolute atomic E-state index is 0.135. The van der Waals surface area contributed by atoms with Crippen LogP contribution in [0.4, 0.5) is 5.13 Å². The van der Waals surface area contributed by atoms with Gasteiger partial charge in [0.2, 0.25) is 0 Å². The van der Waals surface area contributed by atoms with E-state index in [9.17, 15) is 0 Å². The zero-order chi connectivity index (χ0) is 13.7. The summed E-state index contributed by atoms with van der Waals surface area (Å²) < 4.78 is 10.9. The quantitative estimate of drug-likeness (QED) is 0.769. The Labute approximate surface area is 118 Å². The number of methoxy groups -OCH3 is 2. The lowest BCUT2D eigenvalue weighted by Crippen LogP contribution is -2.27. The van der Waals surface area contributed by atoms with Gasteiger partial charge in [-0.15, -0.1) is 11.3 Å². The van der Waals surface area contributed by atoms with E-state index in [1.165, 1.54) is 4.88 Å². The summed E-state index contributed by atoms with van der Waals surface area (Å²) in [6.45, 7) is 5.83. The molecule has 2 heterocycles. The number of ether oxygens (including phenoxy) is 2. The SMILES string of the molecule is CCCNCc1cnc(N2CC(OC)C(OC)C2)s1. The topological polar surface area (TPSA) is 46.6 Å². The number of aromatic nitrogens is 1. The smallest absolute Gasteiger partial charge is 0.185 e. The highest BCUT2D eigenvalue weighted by molar-refractivity contribution is 7.15. The van der Waals surface area contributed by atoms with Crippen molar-refractivity contribution in [3.63, 3.8) is 0 Å². The Hall–Kier alpha value is -0.690. The van der Waals surface area contributed by atoms with Crippen LogP contribution < -0.4 is 10.2 Å². The molecule has 0 saturated carbocycles. The van der Waals surface area contributed by atoms with Crippen LogP contribution >= 0.6 is 11.3 Å². The molecular weight excluding hydrogens is 262 g/mol. The molecule has 1 saturated heterocycles. The fourth-order valence-electron chi connectivity index (χ4n) is 2.27. The summed E-state index contributed by atoms with van der Waals surface area (Å²) in [7, 11) is 3.48. The lowest BCUT2D eigenvalue weighted by Gasteiger charge is -2.13. The van der Waals surface area contributed by atoms with Crippen LogP contribution in [0.5, 0.6) is 0 Å². The molecule has 0 amide bonds. The van der Waals surface area contributed by atoms with E-state index in [-0.39, 0.29) is 12.2 Å². The number of thiazole rings is 1. The summed E-state index contributed by atoms with van der Waals surface area (Å²) in [6, 6.07) is 0. The lowest BCUT2D eigenvalue weighted by atomic mass is 10.3. The van der Waals surface area contributed by atoms with Crippen LogP contribution in [0.2, 0.25) is 0 Å². The monoisotopic (exact) mass is 285 g/mol. The van der Waals surface area contributed by atoms with Crippen LogP contribution in [0, 0.1) is 0 Å². The van der Waals surface area contributed by atoms with Gasteiger partial charge in [0.25, 0.3) is 0 Å². The van der Waals surface area contributed by atoms with E-state index in [2.05, 4.69) is 22.1 Å². The van der Waals surface area contributed by atoms with Gasteiger partial charge in [-0.2, -0.15) is 0 Å². The standard InChI is InChI=1S/C13H23N3O2S/c1-4-5-14-6-10-7-15-13(19-10)16-8-11(17-2)12(9-16)18-3/h7,11-12,14H,4-6,8-9H2,1-3H3. The molecule has 1 aromatic rings. The van der Waals surface area contributed by atoms with E-state index in [0.29, 0.717) is 0 Å². The summed E-state index contributed by atoms with van der Waals surface area (Å²) in [4.78, 5) is 8.03. The molecule has 1 aromatic heterocycles. The van der Waals surface area contributed by atoms with Gasteiger partial charge in [0.15, 0.2) is 5.13 Å². The second kappa shape index (κ2) is 7.19. The van der Waals surface area contributed by atoms with Crippen molar-refractivity contribution in [2.75, 3.05) is 38.8 Å². The Morgan fingerprint density at radius 3 is 2.63 bits per heavy atom. The van der Waals surface area contributed by atoms with Crippen molar-refractivity contribution in [3.8, 4) is 0 Å². The maximum absolute atomic E-state index is 5.45. The molecule has 19 heavy (non-hydrogen) atoms. The van der Waals surface area contributed by atoms with E-state index < -0.39 is 0 Å². The van der Waals surface area contributed by atoms with E-state index >= 15 is 0 Å². The van der Waals surface area contributed by atoms with Gasteiger partial charge in [-0.3, -0.25) is 0 Å². The van der Waals surface area contributed by atoms with Gasteiger partial charge in [0.05, 0.1) is 0 Å². The Balaban J connectivity index is 1.92. The second-order valence-corrected chi connectivity index (χ2v) is 5.83. The molecule has 5 nitrogen and oxygen atoms in total. The number of nitrogens with zero attached hydrogens (tertiary/aromatic N) is 2. The fraction of sp³-hybridized carbons (Fsp3) is 0.769. The highest BCUT2D eigenvalue weighted by atomic mass is 32.1. The van der Waals surface area contributed by atoms with Gasteiger partial charge in [-0.1, -0.05) is 6.92 Å². The van der Waals surface area contributed by atoms with Crippen LogP contribution in [-0.4, -0.2) is 51.0 Å². The Morgan fingerprint density at radius 1 is 1.37 bits per heavy atom. The first-order valence-corrected chi connectivity index (χ1v) is 7.56. The number of nitrogens with one attached hydrogen (secondary N) is 1. The summed E-state index contributed by atoms with van der Waals surface area (Å²) in [5, 5.41) is 4.46. The first-order valence-electron chi connectivity index (χ1n) is 6.74. The van der Waals surface area contributed by atoms with Gasteiger partial charge in [-0.05, 0) is 13.0 Å². The average molecular weight is 285 g/mol. The fourth-order valence-corrected chi connectivity index (χ4v) is 3.16. The highest BCUT2D eigenvalue weighted by Crippen LogP contribution is 2.27. The largest absolute Gasteiger partial charge is 0.377 e. The van der Waals surface area contributed by atoms with Gasteiger partial charge in [0.1, 0.15) is 12.2 Å². The third-order valence-electron chi connectivity index (χ3n) is 3.36. The van der Waals surface area contributed by atoms with Gasteiger partial charge in [-0.25, -0.2) is 4.98 Å². The Bertz CT molecular complexity index is 374. The minimum Gasteiger partial charge on any atom is -0.377 e. The molecule has 2 atom stereocenters. The number of hydrogen-bond acceptors (Lipinski definition) is 6. The molecule has 0 aliphatic carbocycles. The predicted molar refractivity (Wildman–Crippen MR) is 77.9 cm³/mol. The van der Waals surface area contributed by atoms with Crippen LogP contribution in [0.3, 0.4) is 0 Å². The van der Waals surface area contributed by atoms with Crippen LogP contribution in [0.25, 0.3) is 0 Å². The predicted octanol–water partition coefficient (Wildman–Crippen LogP) is 1.49. The minimum atomic E-state index is 0.135. The highest BCUT2D eigenvalue weighted by Gasteiger charge is 2.34. The number of anilines is 1. The maximum atomic E-state index is 5.45. The molecule has 0 bridgehead atoms. The molecule has 6 heteroatoms. The first kappa shape index (κ1) is 14.7. The Morgan fingerprint density at radius 2 is 2.05 bits per heavy atom. The van der Waals surface area contributed by atoms with Crippen molar-refractivity contribution in [2.45, 2.75) is 32.1 Å². The zero-order valence-corrected chi connectivity index (χ0v) is 12.7. The Kier molecular flexibility index (Phi) is 5.57. The van der Waals surface area contributed by atoms with Crippen molar-refractivity contribution in [2.24, 2.45) is 0 Å². The molecule has 1 fully saturated rings. The van der Waals surface area contributed by atoms with Crippen molar-refractivity contribution >= 4 is 16.5 Å². The first-order chi connectivity index (χ1) is 9.28. The summed E-state index contributed by atoms with van der Waals surface area (Å²) >= 11 is 1.75. The molecule has 1 aliphatic rings. The summed E-state index contributed by atoms with van der Waals surface area (Å²) in [6.07, 6.45) is 3.39. The van der Waals surface area contributed by atoms with Gasteiger partial charge in [0, 0.05) is 44.9 Å². The van der Waals surface area contributed by atoms with Crippen LogP contribution in [-0.2, 0) is 16.0 Å². The lowest BCUT2D eigenvalue weighted by molar-refractivity contribution is -0.00461. The van der Waals surface area contributed by atoms with E-state index in [0.717, 1.165) is 37.7 Å². The van der Waals surface area contributed by atoms with Crippen molar-refractivity contribution in [3.05, 3.63) is 11.1 Å². The molecule has 108 valence electrons. The normalized spacial score (nSPS) is 23.2. The zero-order valence-electron chi connectivity index (χ0n) is 11.9. The van der Waals surface area contributed by atoms with Crippen molar-refractivity contribution < 1.29 is 9.47 Å². The molecule has 2 rings (SSSR count). The van der Waals surface area contributed by atoms with Crippen LogP contribution in [0.15, 0.2) is 6.20 Å². The number of hydrogen-bond donors (Lipinski definition) is 1. The third-order valence-corrected chi connectivity index (χ3v) is 4.42. The third kappa shape index (κ3) is 3.66. The van der Waals surface area contributed by atoms with Crippen molar-refractivity contribution in [1.29, 1.82) is 0 Å². The van der Waals surface area contributed by atoms with E-state index in [4.69, 9.17) is 9.47 Å². The molecule has 2 unspecified atom stereocenters. The molecule has 0 spiro atoms. The molecule has 1 N–H and O–H groups in total. The molecule has 1 aliphatic heterocycles. The van der Waals surface area contributed by atoms with E-state index in [1.54, 1.807) is 25.6 Å². The maximum Gasteiger partial charge on any atom is 0.185 e. The average Bonchev–Trinajstić information content (AvgIpc) is 3.04. The summed E-state index contributed by atoms with van der Waals surface area (Å²) in [5.74, 6) is 0. The summed E-state index contributed by atoms with van der Waals surface area (Å²) in [5.41, 5.74) is 0. The molecular formula is C13H23N3O2S. The number of rotatable bonds is 7. The van der Waals surface area contributed by atoms with Gasteiger partial charge < -0.3 is 19.7 Å². The van der Waals surface area contributed by atoms with Crippen LogP contribution in [0.1, 0.15) is 18.2 Å². The molecule has 0 aromatic carbocycles.